The molecule has 110 valence electrons. The lowest BCUT2D eigenvalue weighted by molar-refractivity contribution is -0.136. The van der Waals surface area contributed by atoms with Gasteiger partial charge in [-0.3, -0.25) is 4.79 Å². The third-order valence-electron chi connectivity index (χ3n) is 3.22. The SMILES string of the molecule is CCC(C(=O)Oc1ccccc1)c1cc(Br)ccc1OC. The van der Waals surface area contributed by atoms with Gasteiger partial charge in [-0.2, -0.15) is 0 Å². The second kappa shape index (κ2) is 7.27. The Morgan fingerprint density at radius 1 is 1.19 bits per heavy atom. The van der Waals surface area contributed by atoms with Crippen molar-refractivity contribution in [3.63, 3.8) is 0 Å². The summed E-state index contributed by atoms with van der Waals surface area (Å²) in [7, 11) is 1.60. The predicted molar refractivity (Wildman–Crippen MR) is 85.8 cm³/mol. The molecule has 0 saturated carbocycles. The fraction of sp³-hybridized carbons (Fsp3) is 0.235. The summed E-state index contributed by atoms with van der Waals surface area (Å²) in [4.78, 5) is 12.4. The van der Waals surface area contributed by atoms with Crippen molar-refractivity contribution < 1.29 is 14.3 Å². The fourth-order valence-electron chi connectivity index (χ4n) is 2.17. The Balaban J connectivity index is 2.27. The third kappa shape index (κ3) is 3.85. The average molecular weight is 349 g/mol. The quantitative estimate of drug-likeness (QED) is 0.587. The lowest BCUT2D eigenvalue weighted by atomic mass is 9.95. The predicted octanol–water partition coefficient (Wildman–Crippen LogP) is 4.56. The number of hydrogen-bond donors (Lipinski definition) is 0. The van der Waals surface area contributed by atoms with Gasteiger partial charge < -0.3 is 9.47 Å². The summed E-state index contributed by atoms with van der Waals surface area (Å²) in [6.07, 6.45) is 0.637. The van der Waals surface area contributed by atoms with Crippen LogP contribution in [0.15, 0.2) is 53.0 Å². The largest absolute Gasteiger partial charge is 0.496 e. The highest BCUT2D eigenvalue weighted by molar-refractivity contribution is 9.10. The summed E-state index contributed by atoms with van der Waals surface area (Å²) < 4.78 is 11.7. The normalized spacial score (nSPS) is 11.8. The summed E-state index contributed by atoms with van der Waals surface area (Å²) >= 11 is 3.43. The molecule has 0 fully saturated rings. The van der Waals surface area contributed by atoms with Crippen LogP contribution in [0.5, 0.6) is 11.5 Å². The molecule has 4 heteroatoms. The molecule has 2 rings (SSSR count). The lowest BCUT2D eigenvalue weighted by Crippen LogP contribution is -2.19. The number of methoxy groups -OCH3 is 1. The van der Waals surface area contributed by atoms with Gasteiger partial charge in [0.25, 0.3) is 0 Å². The Bertz CT molecular complexity index is 611. The van der Waals surface area contributed by atoms with Crippen LogP contribution in [0.3, 0.4) is 0 Å². The van der Waals surface area contributed by atoms with Crippen molar-refractivity contribution in [2.75, 3.05) is 7.11 Å². The minimum Gasteiger partial charge on any atom is -0.496 e. The zero-order chi connectivity index (χ0) is 15.2. The number of halogens is 1. The molecule has 0 N–H and O–H groups in total. The Kier molecular flexibility index (Phi) is 5.39. The van der Waals surface area contributed by atoms with E-state index < -0.39 is 0 Å². The smallest absolute Gasteiger partial charge is 0.318 e. The Hall–Kier alpha value is -1.81. The molecular formula is C17H17BrO3. The monoisotopic (exact) mass is 348 g/mol. The maximum absolute atomic E-state index is 12.4. The molecule has 2 aromatic carbocycles. The number of carbonyl (C=O) groups excluding carboxylic acids is 1. The van der Waals surface area contributed by atoms with Crippen molar-refractivity contribution in [2.24, 2.45) is 0 Å². The maximum Gasteiger partial charge on any atom is 0.318 e. The Morgan fingerprint density at radius 2 is 1.90 bits per heavy atom. The molecule has 0 aliphatic carbocycles. The minimum absolute atomic E-state index is 0.278. The van der Waals surface area contributed by atoms with Crippen molar-refractivity contribution >= 4 is 21.9 Å². The highest BCUT2D eigenvalue weighted by Crippen LogP contribution is 2.32. The highest BCUT2D eigenvalue weighted by atomic mass is 79.9. The minimum atomic E-state index is -0.363. The molecule has 0 bridgehead atoms. The van der Waals surface area contributed by atoms with E-state index in [4.69, 9.17) is 9.47 Å². The molecule has 0 aromatic heterocycles. The number of hydrogen-bond acceptors (Lipinski definition) is 3. The molecule has 0 aliphatic rings. The van der Waals surface area contributed by atoms with Gasteiger partial charge in [0.15, 0.2) is 0 Å². The molecule has 21 heavy (non-hydrogen) atoms. The van der Waals surface area contributed by atoms with Gasteiger partial charge >= 0.3 is 5.97 Å². The number of carbonyl (C=O) groups is 1. The first-order chi connectivity index (χ1) is 10.2. The summed E-state index contributed by atoms with van der Waals surface area (Å²) in [6, 6.07) is 14.7. The zero-order valence-corrected chi connectivity index (χ0v) is 13.6. The highest BCUT2D eigenvalue weighted by Gasteiger charge is 2.24. The Labute approximate surface area is 133 Å². The second-order valence-corrected chi connectivity index (χ2v) is 5.50. The molecule has 2 aromatic rings. The van der Waals surface area contributed by atoms with Gasteiger partial charge in [-0.15, -0.1) is 0 Å². The summed E-state index contributed by atoms with van der Waals surface area (Å²) in [5.41, 5.74) is 0.829. The van der Waals surface area contributed by atoms with Crippen LogP contribution in [0.1, 0.15) is 24.8 Å². The molecule has 0 heterocycles. The van der Waals surface area contributed by atoms with Gasteiger partial charge in [0.1, 0.15) is 11.5 Å². The van der Waals surface area contributed by atoms with Crippen LogP contribution in [0.2, 0.25) is 0 Å². The maximum atomic E-state index is 12.4. The first-order valence-corrected chi connectivity index (χ1v) is 7.55. The van der Waals surface area contributed by atoms with Gasteiger partial charge in [-0.25, -0.2) is 0 Å². The first kappa shape index (κ1) is 15.6. The fourth-order valence-corrected chi connectivity index (χ4v) is 2.55. The molecule has 3 nitrogen and oxygen atoms in total. The number of para-hydroxylation sites is 1. The van der Waals surface area contributed by atoms with Gasteiger partial charge in [0.05, 0.1) is 13.0 Å². The number of rotatable bonds is 5. The first-order valence-electron chi connectivity index (χ1n) is 6.76. The van der Waals surface area contributed by atoms with Crippen molar-refractivity contribution in [1.29, 1.82) is 0 Å². The van der Waals surface area contributed by atoms with Crippen LogP contribution in [0, 0.1) is 0 Å². The Morgan fingerprint density at radius 3 is 2.52 bits per heavy atom. The van der Waals surface area contributed by atoms with Crippen LogP contribution in [0.25, 0.3) is 0 Å². The lowest BCUT2D eigenvalue weighted by Gasteiger charge is -2.17. The van der Waals surface area contributed by atoms with E-state index in [9.17, 15) is 4.79 Å². The second-order valence-electron chi connectivity index (χ2n) is 4.58. The van der Waals surface area contributed by atoms with E-state index in [-0.39, 0.29) is 11.9 Å². The zero-order valence-electron chi connectivity index (χ0n) is 12.0. The van der Waals surface area contributed by atoms with Crippen LogP contribution < -0.4 is 9.47 Å². The van der Waals surface area contributed by atoms with Crippen LogP contribution in [-0.2, 0) is 4.79 Å². The van der Waals surface area contributed by atoms with Crippen LogP contribution in [0.4, 0.5) is 0 Å². The molecule has 1 atom stereocenters. The molecule has 0 radical (unpaired) electrons. The molecule has 0 amide bonds. The molecular weight excluding hydrogens is 332 g/mol. The van der Waals surface area contributed by atoms with E-state index in [2.05, 4.69) is 15.9 Å². The van der Waals surface area contributed by atoms with Gasteiger partial charge in [0, 0.05) is 10.0 Å². The third-order valence-corrected chi connectivity index (χ3v) is 3.71. The van der Waals surface area contributed by atoms with E-state index >= 15 is 0 Å². The number of ether oxygens (including phenoxy) is 2. The van der Waals surface area contributed by atoms with E-state index in [1.807, 2.05) is 43.3 Å². The number of esters is 1. The standard InChI is InChI=1S/C17H17BrO3/c1-3-14(15-11-12(18)9-10-16(15)20-2)17(19)21-13-7-5-4-6-8-13/h4-11,14H,3H2,1-2H3. The summed E-state index contributed by atoms with van der Waals surface area (Å²) in [6.45, 7) is 1.96. The summed E-state index contributed by atoms with van der Waals surface area (Å²) in [5.74, 6) is 0.600. The number of benzene rings is 2. The van der Waals surface area contributed by atoms with Crippen molar-refractivity contribution in [3.8, 4) is 11.5 Å². The van der Waals surface area contributed by atoms with Crippen LogP contribution in [-0.4, -0.2) is 13.1 Å². The topological polar surface area (TPSA) is 35.5 Å². The van der Waals surface area contributed by atoms with Crippen molar-refractivity contribution in [1.82, 2.24) is 0 Å². The van der Waals surface area contributed by atoms with Crippen molar-refractivity contribution in [2.45, 2.75) is 19.3 Å². The molecule has 0 saturated heterocycles. The van der Waals surface area contributed by atoms with Gasteiger partial charge in [-0.1, -0.05) is 41.1 Å². The molecule has 0 spiro atoms. The van der Waals surface area contributed by atoms with E-state index in [1.165, 1.54) is 0 Å². The summed E-state index contributed by atoms with van der Waals surface area (Å²) in [5, 5.41) is 0. The van der Waals surface area contributed by atoms with Crippen molar-refractivity contribution in [3.05, 3.63) is 58.6 Å². The van der Waals surface area contributed by atoms with Gasteiger partial charge in [0.2, 0.25) is 0 Å². The molecule has 1 unspecified atom stereocenters. The van der Waals surface area contributed by atoms with Gasteiger partial charge in [-0.05, 0) is 36.8 Å². The molecule has 0 aliphatic heterocycles. The van der Waals surface area contributed by atoms with Crippen LogP contribution >= 0.6 is 15.9 Å². The average Bonchev–Trinajstić information content (AvgIpc) is 2.49. The van der Waals surface area contributed by atoms with E-state index in [0.717, 1.165) is 10.0 Å². The van der Waals surface area contributed by atoms with E-state index in [0.29, 0.717) is 17.9 Å². The van der Waals surface area contributed by atoms with E-state index in [1.54, 1.807) is 19.2 Å².